The zero-order valence-electron chi connectivity index (χ0n) is 16.1. The minimum atomic E-state index is -4.01. The number of sulfone groups is 1. The lowest BCUT2D eigenvalue weighted by molar-refractivity contribution is -0.113. The number of anilines is 2. The van der Waals surface area contributed by atoms with Crippen LogP contribution >= 0.6 is 11.3 Å². The molecule has 3 rings (SSSR count). The lowest BCUT2D eigenvalue weighted by Crippen LogP contribution is -2.23. The SMILES string of the molecule is COc1ccc(C(=O)Nc2nnc(S(=O)(=O)CC(=O)Nc3ccc(C)cc3)s2)cc1. The van der Waals surface area contributed by atoms with Gasteiger partial charge in [0, 0.05) is 11.3 Å². The van der Waals surface area contributed by atoms with Crippen molar-refractivity contribution in [2.75, 3.05) is 23.5 Å². The molecule has 2 aromatic carbocycles. The van der Waals surface area contributed by atoms with Crippen LogP contribution in [0.25, 0.3) is 0 Å². The van der Waals surface area contributed by atoms with E-state index in [4.69, 9.17) is 4.74 Å². The molecule has 2 N–H and O–H groups in total. The first-order chi connectivity index (χ1) is 14.3. The van der Waals surface area contributed by atoms with Gasteiger partial charge in [-0.15, -0.1) is 10.2 Å². The molecule has 2 amide bonds. The third-order valence-corrected chi connectivity index (χ3v) is 6.80. The van der Waals surface area contributed by atoms with Gasteiger partial charge in [0.15, 0.2) is 0 Å². The van der Waals surface area contributed by atoms with Crippen LogP contribution in [0.15, 0.2) is 52.9 Å². The highest BCUT2D eigenvalue weighted by Gasteiger charge is 2.25. The van der Waals surface area contributed by atoms with E-state index in [2.05, 4.69) is 20.8 Å². The van der Waals surface area contributed by atoms with Gasteiger partial charge in [0.05, 0.1) is 7.11 Å². The van der Waals surface area contributed by atoms with E-state index in [0.29, 0.717) is 28.3 Å². The number of nitrogens with zero attached hydrogens (tertiary/aromatic N) is 2. The van der Waals surface area contributed by atoms with Gasteiger partial charge >= 0.3 is 0 Å². The minimum absolute atomic E-state index is 0.00772. The Bertz CT molecular complexity index is 1160. The Morgan fingerprint density at radius 1 is 1.00 bits per heavy atom. The molecule has 0 spiro atoms. The molecule has 30 heavy (non-hydrogen) atoms. The largest absolute Gasteiger partial charge is 0.497 e. The van der Waals surface area contributed by atoms with Crippen molar-refractivity contribution in [1.29, 1.82) is 0 Å². The standard InChI is InChI=1S/C19H18N4O5S2/c1-12-3-7-14(8-4-12)20-16(24)11-30(26,27)19-23-22-18(29-19)21-17(25)13-5-9-15(28-2)10-6-13/h3-10H,11H2,1-2H3,(H,20,24)(H,21,22,25). The molecule has 0 aliphatic carbocycles. The first-order valence-corrected chi connectivity index (χ1v) is 11.1. The molecule has 9 nitrogen and oxygen atoms in total. The molecule has 0 radical (unpaired) electrons. The molecule has 0 bridgehead atoms. The average molecular weight is 447 g/mol. The summed E-state index contributed by atoms with van der Waals surface area (Å²) >= 11 is 0.674. The fourth-order valence-electron chi connectivity index (χ4n) is 2.37. The van der Waals surface area contributed by atoms with Crippen LogP contribution in [0, 0.1) is 6.92 Å². The average Bonchev–Trinajstić information content (AvgIpc) is 3.19. The molecule has 0 saturated carbocycles. The molecule has 0 fully saturated rings. The molecular weight excluding hydrogens is 428 g/mol. The van der Waals surface area contributed by atoms with Crippen molar-refractivity contribution in [3.63, 3.8) is 0 Å². The quantitative estimate of drug-likeness (QED) is 0.534. The van der Waals surface area contributed by atoms with Gasteiger partial charge < -0.3 is 10.1 Å². The van der Waals surface area contributed by atoms with Gasteiger partial charge in [-0.05, 0) is 43.3 Å². The van der Waals surface area contributed by atoms with E-state index in [0.717, 1.165) is 5.56 Å². The number of ether oxygens (including phenoxy) is 1. The number of amides is 2. The lowest BCUT2D eigenvalue weighted by atomic mass is 10.2. The summed E-state index contributed by atoms with van der Waals surface area (Å²) in [7, 11) is -2.50. The molecular formula is C19H18N4O5S2. The Balaban J connectivity index is 1.63. The molecule has 1 heterocycles. The highest BCUT2D eigenvalue weighted by Crippen LogP contribution is 2.22. The molecule has 3 aromatic rings. The molecule has 11 heteroatoms. The van der Waals surface area contributed by atoms with Crippen LogP contribution in [-0.2, 0) is 14.6 Å². The Labute approximate surface area is 177 Å². The smallest absolute Gasteiger partial charge is 0.257 e. The molecule has 0 atom stereocenters. The molecule has 0 aliphatic heterocycles. The van der Waals surface area contributed by atoms with Crippen molar-refractivity contribution in [2.24, 2.45) is 0 Å². The van der Waals surface area contributed by atoms with Crippen LogP contribution in [0.3, 0.4) is 0 Å². The highest BCUT2D eigenvalue weighted by atomic mass is 32.2. The minimum Gasteiger partial charge on any atom is -0.497 e. The van der Waals surface area contributed by atoms with E-state index in [1.807, 2.05) is 6.92 Å². The number of aryl methyl sites for hydroxylation is 1. The normalized spacial score (nSPS) is 11.0. The number of hydrogen-bond donors (Lipinski definition) is 2. The van der Waals surface area contributed by atoms with Crippen molar-refractivity contribution < 1.29 is 22.7 Å². The second-order valence-corrected chi connectivity index (χ2v) is 9.37. The summed E-state index contributed by atoms with van der Waals surface area (Å²) in [5.74, 6) is -1.37. The van der Waals surface area contributed by atoms with Gasteiger partial charge in [-0.2, -0.15) is 0 Å². The van der Waals surface area contributed by atoms with Crippen molar-refractivity contribution >= 4 is 43.8 Å². The summed E-state index contributed by atoms with van der Waals surface area (Å²) in [4.78, 5) is 24.3. The summed E-state index contributed by atoms with van der Waals surface area (Å²) in [6.07, 6.45) is 0. The van der Waals surface area contributed by atoms with Crippen LogP contribution in [0.1, 0.15) is 15.9 Å². The molecule has 156 valence electrons. The van der Waals surface area contributed by atoms with Crippen molar-refractivity contribution in [3.8, 4) is 5.75 Å². The summed E-state index contributed by atoms with van der Waals surface area (Å²) in [5, 5.41) is 12.3. The lowest BCUT2D eigenvalue weighted by Gasteiger charge is -2.05. The molecule has 0 unspecified atom stereocenters. The fourth-order valence-corrected chi connectivity index (χ4v) is 4.47. The number of hydrogen-bond acceptors (Lipinski definition) is 8. The number of aromatic nitrogens is 2. The van der Waals surface area contributed by atoms with Crippen LogP contribution < -0.4 is 15.4 Å². The number of carbonyl (C=O) groups is 2. The summed E-state index contributed by atoms with van der Waals surface area (Å²) in [6, 6.07) is 13.3. The fraction of sp³-hybridized carbons (Fsp3) is 0.158. The second-order valence-electron chi connectivity index (χ2n) is 6.23. The van der Waals surface area contributed by atoms with E-state index >= 15 is 0 Å². The number of carbonyl (C=O) groups excluding carboxylic acids is 2. The topological polar surface area (TPSA) is 127 Å². The van der Waals surface area contributed by atoms with E-state index in [1.165, 1.54) is 7.11 Å². The van der Waals surface area contributed by atoms with Gasteiger partial charge in [-0.25, -0.2) is 8.42 Å². The van der Waals surface area contributed by atoms with Crippen LogP contribution in [0.4, 0.5) is 10.8 Å². The maximum Gasteiger partial charge on any atom is 0.257 e. The monoisotopic (exact) mass is 446 g/mol. The predicted molar refractivity (Wildman–Crippen MR) is 113 cm³/mol. The van der Waals surface area contributed by atoms with E-state index in [9.17, 15) is 18.0 Å². The van der Waals surface area contributed by atoms with Crippen LogP contribution in [-0.4, -0.2) is 43.3 Å². The van der Waals surface area contributed by atoms with Crippen LogP contribution in [0.2, 0.25) is 0 Å². The number of methoxy groups -OCH3 is 1. The first-order valence-electron chi connectivity index (χ1n) is 8.65. The Kier molecular flexibility index (Phi) is 6.43. The van der Waals surface area contributed by atoms with Gasteiger partial charge in [0.1, 0.15) is 11.5 Å². The Morgan fingerprint density at radius 2 is 1.67 bits per heavy atom. The Hall–Kier alpha value is -3.31. The van der Waals surface area contributed by atoms with E-state index < -0.39 is 27.4 Å². The summed E-state index contributed by atoms with van der Waals surface area (Å²) < 4.78 is 29.6. The highest BCUT2D eigenvalue weighted by molar-refractivity contribution is 7.94. The maximum absolute atomic E-state index is 12.4. The van der Waals surface area contributed by atoms with Gasteiger partial charge in [0.2, 0.25) is 25.2 Å². The predicted octanol–water partition coefficient (Wildman–Crippen LogP) is 2.52. The second kappa shape index (κ2) is 9.01. The molecule has 0 saturated heterocycles. The first kappa shape index (κ1) is 21.4. The summed E-state index contributed by atoms with van der Waals surface area (Å²) in [6.45, 7) is 1.90. The maximum atomic E-state index is 12.4. The van der Waals surface area contributed by atoms with Gasteiger partial charge in [0.25, 0.3) is 5.91 Å². The van der Waals surface area contributed by atoms with Crippen molar-refractivity contribution in [1.82, 2.24) is 10.2 Å². The van der Waals surface area contributed by atoms with E-state index in [-0.39, 0.29) is 9.47 Å². The van der Waals surface area contributed by atoms with Gasteiger partial charge in [-0.1, -0.05) is 29.0 Å². The third kappa shape index (κ3) is 5.39. The zero-order chi connectivity index (χ0) is 21.7. The third-order valence-electron chi connectivity index (χ3n) is 3.90. The van der Waals surface area contributed by atoms with Crippen LogP contribution in [0.5, 0.6) is 5.75 Å². The molecule has 0 aliphatic rings. The van der Waals surface area contributed by atoms with Gasteiger partial charge in [-0.3, -0.25) is 14.9 Å². The Morgan fingerprint density at radius 3 is 2.30 bits per heavy atom. The molecule has 1 aromatic heterocycles. The summed E-state index contributed by atoms with van der Waals surface area (Å²) in [5.41, 5.74) is 1.84. The number of benzene rings is 2. The number of rotatable bonds is 7. The zero-order valence-corrected chi connectivity index (χ0v) is 17.7. The van der Waals surface area contributed by atoms with E-state index in [1.54, 1.807) is 48.5 Å². The van der Waals surface area contributed by atoms with Crippen molar-refractivity contribution in [3.05, 3.63) is 59.7 Å². The number of nitrogens with one attached hydrogen (secondary N) is 2. The van der Waals surface area contributed by atoms with Crippen molar-refractivity contribution in [2.45, 2.75) is 11.3 Å².